The van der Waals surface area contributed by atoms with Gasteiger partial charge < -0.3 is 19.5 Å². The van der Waals surface area contributed by atoms with Gasteiger partial charge in [-0.05, 0) is 37.2 Å². The first-order valence-corrected chi connectivity index (χ1v) is 7.49. The molecule has 0 bridgehead atoms. The lowest BCUT2D eigenvalue weighted by Gasteiger charge is -2.18. The molecule has 0 saturated heterocycles. The third kappa shape index (κ3) is 2.73. The number of thiophene rings is 1. The molecule has 1 aromatic carbocycles. The van der Waals surface area contributed by atoms with Crippen LogP contribution in [0.4, 0.5) is 0 Å². The smallest absolute Gasteiger partial charge is 0.231 e. The summed E-state index contributed by atoms with van der Waals surface area (Å²) >= 11 is 1.71. The second kappa shape index (κ2) is 6.15. The Hall–Kier alpha value is -1.72. The van der Waals surface area contributed by atoms with Crippen LogP contribution in [0, 0.1) is 0 Å². The minimum atomic E-state index is 0.0261. The van der Waals surface area contributed by atoms with Crippen molar-refractivity contribution in [3.63, 3.8) is 0 Å². The van der Waals surface area contributed by atoms with Gasteiger partial charge in [0.2, 0.25) is 12.5 Å². The second-order valence-corrected chi connectivity index (χ2v) is 5.48. The van der Waals surface area contributed by atoms with Crippen LogP contribution >= 0.6 is 11.3 Å². The lowest BCUT2D eigenvalue weighted by molar-refractivity contribution is 0.159. The fourth-order valence-corrected chi connectivity index (χ4v) is 2.95. The lowest BCUT2D eigenvalue weighted by atomic mass is 10.2. The Labute approximate surface area is 122 Å². The van der Waals surface area contributed by atoms with E-state index in [0.29, 0.717) is 5.75 Å². The fourth-order valence-electron chi connectivity index (χ4n) is 2.16. The molecule has 0 fully saturated rings. The molecule has 0 radical (unpaired) electrons. The van der Waals surface area contributed by atoms with Crippen LogP contribution < -0.4 is 19.5 Å². The van der Waals surface area contributed by atoms with Crippen LogP contribution in [-0.4, -0.2) is 20.4 Å². The highest BCUT2D eigenvalue weighted by Crippen LogP contribution is 2.42. The molecule has 1 aromatic heterocycles. The molecule has 0 aliphatic carbocycles. The summed E-state index contributed by atoms with van der Waals surface area (Å²) in [7, 11) is 1.95. The van der Waals surface area contributed by atoms with Crippen LogP contribution in [0.15, 0.2) is 35.7 Å². The van der Waals surface area contributed by atoms with Gasteiger partial charge in [0.1, 0.15) is 6.10 Å². The highest BCUT2D eigenvalue weighted by atomic mass is 32.1. The van der Waals surface area contributed by atoms with Gasteiger partial charge in [-0.15, -0.1) is 11.3 Å². The summed E-state index contributed by atoms with van der Waals surface area (Å²) in [4.78, 5) is 1.22. The Morgan fingerprint density at radius 2 is 2.25 bits per heavy atom. The lowest BCUT2D eigenvalue weighted by Crippen LogP contribution is -2.15. The largest absolute Gasteiger partial charge is 0.481 e. The van der Waals surface area contributed by atoms with Crippen molar-refractivity contribution in [1.82, 2.24) is 5.32 Å². The molecule has 0 saturated carbocycles. The standard InChI is InChI=1S/C15H17NO3S/c1-16-8-7-11(14-6-3-9-20-14)19-13-5-2-4-12-15(13)18-10-17-12/h2-6,9,11,16H,7-8,10H2,1H3. The summed E-state index contributed by atoms with van der Waals surface area (Å²) in [6.07, 6.45) is 0.930. The molecule has 20 heavy (non-hydrogen) atoms. The molecule has 106 valence electrons. The molecule has 5 heteroatoms. The van der Waals surface area contributed by atoms with Crippen LogP contribution in [0.25, 0.3) is 0 Å². The maximum atomic E-state index is 6.17. The molecule has 1 aliphatic heterocycles. The third-order valence-corrected chi connectivity index (χ3v) is 4.11. The molecule has 2 heterocycles. The number of nitrogens with one attached hydrogen (secondary N) is 1. The molecule has 2 aromatic rings. The van der Waals surface area contributed by atoms with E-state index in [1.807, 2.05) is 31.3 Å². The van der Waals surface area contributed by atoms with Gasteiger partial charge in [-0.25, -0.2) is 0 Å². The molecular formula is C15H17NO3S. The summed E-state index contributed by atoms with van der Waals surface area (Å²) in [5.41, 5.74) is 0. The maximum absolute atomic E-state index is 6.17. The molecule has 1 atom stereocenters. The molecule has 1 unspecified atom stereocenters. The van der Waals surface area contributed by atoms with Crippen molar-refractivity contribution in [2.45, 2.75) is 12.5 Å². The van der Waals surface area contributed by atoms with E-state index >= 15 is 0 Å². The Morgan fingerprint density at radius 1 is 1.30 bits per heavy atom. The van der Waals surface area contributed by atoms with Crippen molar-refractivity contribution < 1.29 is 14.2 Å². The van der Waals surface area contributed by atoms with Gasteiger partial charge in [0.15, 0.2) is 11.5 Å². The quantitative estimate of drug-likeness (QED) is 0.887. The number of hydrogen-bond donors (Lipinski definition) is 1. The Morgan fingerprint density at radius 3 is 3.05 bits per heavy atom. The van der Waals surface area contributed by atoms with E-state index in [4.69, 9.17) is 14.2 Å². The second-order valence-electron chi connectivity index (χ2n) is 4.50. The third-order valence-electron chi connectivity index (χ3n) is 3.15. The minimum absolute atomic E-state index is 0.0261. The van der Waals surface area contributed by atoms with Crippen molar-refractivity contribution in [3.05, 3.63) is 40.6 Å². The summed E-state index contributed by atoms with van der Waals surface area (Å²) in [5, 5.41) is 5.24. The number of hydrogen-bond acceptors (Lipinski definition) is 5. The number of fused-ring (bicyclic) bond motifs is 1. The van der Waals surface area contributed by atoms with Crippen LogP contribution in [0.2, 0.25) is 0 Å². The van der Waals surface area contributed by atoms with Gasteiger partial charge in [0, 0.05) is 11.3 Å². The summed E-state index contributed by atoms with van der Waals surface area (Å²) in [5.74, 6) is 2.20. The topological polar surface area (TPSA) is 39.7 Å². The predicted molar refractivity (Wildman–Crippen MR) is 78.8 cm³/mol. The summed E-state index contributed by atoms with van der Waals surface area (Å²) < 4.78 is 17.0. The number of rotatable bonds is 6. The first-order valence-electron chi connectivity index (χ1n) is 6.62. The normalized spacial score (nSPS) is 14.2. The van der Waals surface area contributed by atoms with E-state index in [2.05, 4.69) is 16.8 Å². The number of ether oxygens (including phenoxy) is 3. The fraction of sp³-hybridized carbons (Fsp3) is 0.333. The number of para-hydroxylation sites is 1. The Kier molecular flexibility index (Phi) is 4.08. The van der Waals surface area contributed by atoms with Gasteiger partial charge in [0.25, 0.3) is 0 Å². The zero-order valence-electron chi connectivity index (χ0n) is 11.3. The van der Waals surface area contributed by atoms with E-state index in [1.54, 1.807) is 11.3 Å². The first-order chi connectivity index (χ1) is 9.88. The van der Waals surface area contributed by atoms with Crippen LogP contribution in [0.1, 0.15) is 17.4 Å². The highest BCUT2D eigenvalue weighted by molar-refractivity contribution is 7.10. The highest BCUT2D eigenvalue weighted by Gasteiger charge is 2.22. The van der Waals surface area contributed by atoms with Crippen molar-refractivity contribution in [3.8, 4) is 17.2 Å². The van der Waals surface area contributed by atoms with Gasteiger partial charge in [-0.2, -0.15) is 0 Å². The van der Waals surface area contributed by atoms with Crippen molar-refractivity contribution in [1.29, 1.82) is 0 Å². The summed E-state index contributed by atoms with van der Waals surface area (Å²) in [6.45, 7) is 1.16. The zero-order chi connectivity index (χ0) is 13.8. The summed E-state index contributed by atoms with van der Waals surface area (Å²) in [6, 6.07) is 9.89. The van der Waals surface area contributed by atoms with Crippen LogP contribution in [0.5, 0.6) is 17.2 Å². The zero-order valence-corrected chi connectivity index (χ0v) is 12.1. The first kappa shape index (κ1) is 13.3. The van der Waals surface area contributed by atoms with E-state index in [1.165, 1.54) is 4.88 Å². The minimum Gasteiger partial charge on any atom is -0.481 e. The van der Waals surface area contributed by atoms with E-state index < -0.39 is 0 Å². The number of benzene rings is 1. The van der Waals surface area contributed by atoms with Crippen molar-refractivity contribution in [2.24, 2.45) is 0 Å². The SMILES string of the molecule is CNCCC(Oc1cccc2c1OCO2)c1cccs1. The van der Waals surface area contributed by atoms with Crippen LogP contribution in [-0.2, 0) is 0 Å². The average Bonchev–Trinajstić information content (AvgIpc) is 3.14. The Balaban J connectivity index is 1.81. The van der Waals surface area contributed by atoms with Crippen molar-refractivity contribution in [2.75, 3.05) is 20.4 Å². The van der Waals surface area contributed by atoms with Crippen LogP contribution in [0.3, 0.4) is 0 Å². The average molecular weight is 291 g/mol. The molecule has 4 nitrogen and oxygen atoms in total. The van der Waals surface area contributed by atoms with Gasteiger partial charge in [-0.3, -0.25) is 0 Å². The van der Waals surface area contributed by atoms with Crippen molar-refractivity contribution >= 4 is 11.3 Å². The van der Waals surface area contributed by atoms with Gasteiger partial charge in [0.05, 0.1) is 0 Å². The Bertz CT molecular complexity index is 556. The van der Waals surface area contributed by atoms with E-state index in [-0.39, 0.29) is 12.9 Å². The van der Waals surface area contributed by atoms with Gasteiger partial charge >= 0.3 is 0 Å². The molecule has 1 aliphatic rings. The predicted octanol–water partition coefficient (Wildman–Crippen LogP) is 3.21. The molecule has 3 rings (SSSR count). The monoisotopic (exact) mass is 291 g/mol. The molecule has 0 amide bonds. The van der Waals surface area contributed by atoms with E-state index in [9.17, 15) is 0 Å². The van der Waals surface area contributed by atoms with Gasteiger partial charge in [-0.1, -0.05) is 12.1 Å². The van der Waals surface area contributed by atoms with E-state index in [0.717, 1.165) is 24.5 Å². The molecule has 1 N–H and O–H groups in total. The molecular weight excluding hydrogens is 274 g/mol. The molecule has 0 spiro atoms. The maximum Gasteiger partial charge on any atom is 0.231 e.